The number of piperidine rings is 1. The molecule has 1 aromatic heterocycles. The first kappa shape index (κ1) is 19.4. The van der Waals surface area contributed by atoms with Gasteiger partial charge in [0.1, 0.15) is 11.6 Å². The number of rotatable bonds is 4. The van der Waals surface area contributed by atoms with E-state index in [9.17, 15) is 4.79 Å². The maximum atomic E-state index is 13.1. The van der Waals surface area contributed by atoms with Gasteiger partial charge in [-0.1, -0.05) is 6.07 Å². The van der Waals surface area contributed by atoms with Gasteiger partial charge in [0, 0.05) is 64.0 Å². The second-order valence-electron chi connectivity index (χ2n) is 8.66. The van der Waals surface area contributed by atoms with E-state index in [1.54, 1.807) is 0 Å². The van der Waals surface area contributed by atoms with E-state index in [0.717, 1.165) is 82.4 Å². The topological polar surface area (TPSA) is 48.9 Å². The predicted molar refractivity (Wildman–Crippen MR) is 117 cm³/mol. The Balaban J connectivity index is 1.15. The number of hydrogen-bond acceptors (Lipinski definition) is 5. The van der Waals surface area contributed by atoms with Crippen LogP contribution in [0.2, 0.25) is 0 Å². The Hall–Kier alpha value is -2.60. The molecule has 158 valence electrons. The van der Waals surface area contributed by atoms with Crippen molar-refractivity contribution < 1.29 is 9.53 Å². The van der Waals surface area contributed by atoms with Gasteiger partial charge in [0.2, 0.25) is 0 Å². The van der Waals surface area contributed by atoms with E-state index in [-0.39, 0.29) is 5.91 Å². The summed E-state index contributed by atoms with van der Waals surface area (Å²) in [6.07, 6.45) is 5.08. The van der Waals surface area contributed by atoms with Crippen LogP contribution in [0.3, 0.4) is 0 Å². The number of piperazine rings is 1. The first-order valence-corrected chi connectivity index (χ1v) is 11.2. The highest BCUT2D eigenvalue weighted by atomic mass is 16.5. The normalized spacial score (nSPS) is 21.9. The highest BCUT2D eigenvalue weighted by molar-refractivity contribution is 5.94. The lowest BCUT2D eigenvalue weighted by Crippen LogP contribution is -2.50. The number of nitrogens with zero attached hydrogens (tertiary/aromatic N) is 4. The average molecular weight is 407 g/mol. The van der Waals surface area contributed by atoms with Crippen molar-refractivity contribution in [1.82, 2.24) is 14.8 Å². The minimum atomic E-state index is 0.175. The third kappa shape index (κ3) is 4.15. The molecule has 1 atom stereocenters. The lowest BCUT2D eigenvalue weighted by molar-refractivity contribution is 0.0637. The van der Waals surface area contributed by atoms with E-state index in [1.807, 2.05) is 30.5 Å². The van der Waals surface area contributed by atoms with Crippen LogP contribution in [-0.4, -0.2) is 73.1 Å². The Kier molecular flexibility index (Phi) is 5.58. The first-order valence-electron chi connectivity index (χ1n) is 11.2. The standard InChI is InChI=1S/C24H30N4O2/c29-24(21-6-7-22-20(16-21)8-15-30-22)28-10-3-4-19(18-28)17-26-11-13-27(14-12-26)23-5-1-2-9-25-23/h1-2,5-7,9,16,19H,3-4,8,10-15,17-18H2. The zero-order valence-corrected chi connectivity index (χ0v) is 17.5. The summed E-state index contributed by atoms with van der Waals surface area (Å²) in [5, 5.41) is 0. The van der Waals surface area contributed by atoms with Crippen molar-refractivity contribution >= 4 is 11.7 Å². The number of carbonyl (C=O) groups excluding carboxylic acids is 1. The lowest BCUT2D eigenvalue weighted by Gasteiger charge is -2.39. The maximum absolute atomic E-state index is 13.1. The molecule has 0 radical (unpaired) electrons. The van der Waals surface area contributed by atoms with Crippen molar-refractivity contribution in [2.45, 2.75) is 19.3 Å². The van der Waals surface area contributed by atoms with E-state index in [0.29, 0.717) is 5.92 Å². The summed E-state index contributed by atoms with van der Waals surface area (Å²) in [7, 11) is 0. The molecule has 3 aliphatic heterocycles. The maximum Gasteiger partial charge on any atom is 0.253 e. The minimum absolute atomic E-state index is 0.175. The number of aromatic nitrogens is 1. The fraction of sp³-hybridized carbons (Fsp3) is 0.500. The van der Waals surface area contributed by atoms with Crippen LogP contribution in [0.1, 0.15) is 28.8 Å². The summed E-state index contributed by atoms with van der Waals surface area (Å²) in [5.74, 6) is 2.75. The summed E-state index contributed by atoms with van der Waals surface area (Å²) in [6, 6.07) is 12.0. The highest BCUT2D eigenvalue weighted by Gasteiger charge is 2.28. The number of pyridine rings is 1. The molecule has 1 amide bonds. The number of benzene rings is 1. The Labute approximate surface area is 178 Å². The number of ether oxygens (including phenoxy) is 1. The Bertz CT molecular complexity index is 880. The Morgan fingerprint density at radius 3 is 2.83 bits per heavy atom. The zero-order valence-electron chi connectivity index (χ0n) is 17.5. The molecule has 0 aliphatic carbocycles. The fourth-order valence-corrected chi connectivity index (χ4v) is 4.97. The van der Waals surface area contributed by atoms with Crippen LogP contribution in [0.25, 0.3) is 0 Å². The molecule has 1 unspecified atom stereocenters. The van der Waals surface area contributed by atoms with Crippen molar-refractivity contribution in [3.8, 4) is 5.75 Å². The van der Waals surface area contributed by atoms with E-state index in [4.69, 9.17) is 4.74 Å². The Morgan fingerprint density at radius 2 is 2.00 bits per heavy atom. The van der Waals surface area contributed by atoms with Gasteiger partial charge in [0.05, 0.1) is 6.61 Å². The predicted octanol–water partition coefficient (Wildman–Crippen LogP) is 2.69. The smallest absolute Gasteiger partial charge is 0.253 e. The number of likely N-dealkylation sites (tertiary alicyclic amines) is 1. The van der Waals surface area contributed by atoms with E-state index >= 15 is 0 Å². The number of carbonyl (C=O) groups is 1. The van der Waals surface area contributed by atoms with Crippen molar-refractivity contribution in [1.29, 1.82) is 0 Å². The van der Waals surface area contributed by atoms with Gasteiger partial charge in [-0.3, -0.25) is 9.69 Å². The molecule has 0 bridgehead atoms. The van der Waals surface area contributed by atoms with E-state index < -0.39 is 0 Å². The van der Waals surface area contributed by atoms with Crippen LogP contribution in [0, 0.1) is 5.92 Å². The Morgan fingerprint density at radius 1 is 1.10 bits per heavy atom. The number of hydrogen-bond donors (Lipinski definition) is 0. The molecule has 1 aromatic carbocycles. The molecule has 6 heteroatoms. The molecule has 6 nitrogen and oxygen atoms in total. The van der Waals surface area contributed by atoms with Gasteiger partial charge in [-0.2, -0.15) is 0 Å². The van der Waals surface area contributed by atoms with Crippen LogP contribution < -0.4 is 9.64 Å². The van der Waals surface area contributed by atoms with Crippen LogP contribution in [0.5, 0.6) is 5.75 Å². The van der Waals surface area contributed by atoms with Crippen LogP contribution in [0.15, 0.2) is 42.6 Å². The fourth-order valence-electron chi connectivity index (χ4n) is 4.97. The minimum Gasteiger partial charge on any atom is -0.493 e. The highest BCUT2D eigenvalue weighted by Crippen LogP contribution is 2.27. The molecular weight excluding hydrogens is 376 g/mol. The van der Waals surface area contributed by atoms with Crippen LogP contribution >= 0.6 is 0 Å². The molecule has 0 N–H and O–H groups in total. The molecule has 0 spiro atoms. The van der Waals surface area contributed by atoms with Crippen molar-refractivity contribution in [3.05, 3.63) is 53.7 Å². The molecule has 2 fully saturated rings. The quantitative estimate of drug-likeness (QED) is 0.781. The average Bonchev–Trinajstić information content (AvgIpc) is 3.28. The summed E-state index contributed by atoms with van der Waals surface area (Å²) in [6.45, 7) is 7.71. The van der Waals surface area contributed by atoms with Gasteiger partial charge in [-0.05, 0) is 54.7 Å². The molecule has 3 aliphatic rings. The van der Waals surface area contributed by atoms with Crippen LogP contribution in [-0.2, 0) is 6.42 Å². The third-order valence-electron chi connectivity index (χ3n) is 6.60. The van der Waals surface area contributed by atoms with Gasteiger partial charge < -0.3 is 14.5 Å². The van der Waals surface area contributed by atoms with Gasteiger partial charge in [0.15, 0.2) is 0 Å². The van der Waals surface area contributed by atoms with E-state index in [1.165, 1.54) is 12.0 Å². The molecule has 30 heavy (non-hydrogen) atoms. The van der Waals surface area contributed by atoms with Crippen molar-refractivity contribution in [2.75, 3.05) is 57.3 Å². The van der Waals surface area contributed by atoms with Crippen molar-refractivity contribution in [3.63, 3.8) is 0 Å². The number of fused-ring (bicyclic) bond motifs is 1. The largest absolute Gasteiger partial charge is 0.493 e. The molecule has 5 rings (SSSR count). The van der Waals surface area contributed by atoms with E-state index in [2.05, 4.69) is 31.8 Å². The summed E-state index contributed by atoms with van der Waals surface area (Å²) in [5.41, 5.74) is 1.98. The molecule has 2 saturated heterocycles. The monoisotopic (exact) mass is 406 g/mol. The first-order chi connectivity index (χ1) is 14.8. The molecule has 0 saturated carbocycles. The molecule has 2 aromatic rings. The van der Waals surface area contributed by atoms with Gasteiger partial charge in [0.25, 0.3) is 5.91 Å². The van der Waals surface area contributed by atoms with Gasteiger partial charge >= 0.3 is 0 Å². The van der Waals surface area contributed by atoms with Crippen molar-refractivity contribution in [2.24, 2.45) is 5.92 Å². The summed E-state index contributed by atoms with van der Waals surface area (Å²) >= 11 is 0. The second-order valence-corrected chi connectivity index (χ2v) is 8.66. The second kappa shape index (κ2) is 8.64. The number of anilines is 1. The molecule has 4 heterocycles. The lowest BCUT2D eigenvalue weighted by atomic mass is 9.96. The van der Waals surface area contributed by atoms with Gasteiger partial charge in [-0.25, -0.2) is 4.98 Å². The van der Waals surface area contributed by atoms with Crippen LogP contribution in [0.4, 0.5) is 5.82 Å². The summed E-state index contributed by atoms with van der Waals surface area (Å²) in [4.78, 5) is 24.6. The number of amides is 1. The SMILES string of the molecule is O=C(c1ccc2c(c1)CCO2)N1CCCC(CN2CCN(c3ccccn3)CC2)C1. The van der Waals surface area contributed by atoms with Gasteiger partial charge in [-0.15, -0.1) is 0 Å². The zero-order chi connectivity index (χ0) is 20.3. The third-order valence-corrected chi connectivity index (χ3v) is 6.60. The molecular formula is C24H30N4O2. The summed E-state index contributed by atoms with van der Waals surface area (Å²) < 4.78 is 5.58.